The van der Waals surface area contributed by atoms with Crippen molar-refractivity contribution in [2.75, 3.05) is 0 Å². The molecule has 0 aliphatic rings. The normalized spacial score (nSPS) is 11.5. The van der Waals surface area contributed by atoms with Gasteiger partial charge in [-0.05, 0) is 64.2 Å². The van der Waals surface area contributed by atoms with Crippen LogP contribution in [0, 0.1) is 0 Å². The van der Waals surface area contributed by atoms with Crippen LogP contribution in [0.4, 0.5) is 0 Å². The molecule has 0 saturated carbocycles. The second-order valence-electron chi connectivity index (χ2n) is 13.0. The van der Waals surface area contributed by atoms with Gasteiger partial charge in [0.05, 0.1) is 28.0 Å². The van der Waals surface area contributed by atoms with Crippen molar-refractivity contribution in [1.82, 2.24) is 14.4 Å². The predicted molar refractivity (Wildman–Crippen MR) is 213 cm³/mol. The average molecular weight is 666 g/mol. The van der Waals surface area contributed by atoms with Crippen LogP contribution in [0.5, 0.6) is 0 Å². The van der Waals surface area contributed by atoms with Gasteiger partial charge < -0.3 is 4.42 Å². The van der Waals surface area contributed by atoms with Crippen LogP contribution in [0.3, 0.4) is 0 Å². The molecule has 0 fully saturated rings. The number of hydrogen-bond donors (Lipinski definition) is 0. The number of para-hydroxylation sites is 3. The summed E-state index contributed by atoms with van der Waals surface area (Å²) in [5.74, 6) is 0.682. The van der Waals surface area contributed by atoms with Crippen molar-refractivity contribution in [1.29, 1.82) is 0 Å². The Morgan fingerprint density at radius 2 is 0.885 bits per heavy atom. The second-order valence-corrected chi connectivity index (χ2v) is 13.0. The Balaban J connectivity index is 1.11. The van der Waals surface area contributed by atoms with Crippen LogP contribution in [0.15, 0.2) is 192 Å². The first-order chi connectivity index (χ1) is 25.8. The lowest BCUT2D eigenvalue weighted by atomic mass is 9.99. The Labute approximate surface area is 300 Å². The molecule has 244 valence electrons. The van der Waals surface area contributed by atoms with E-state index in [1.807, 2.05) is 24.3 Å². The van der Waals surface area contributed by atoms with Crippen molar-refractivity contribution in [3.05, 3.63) is 188 Å². The molecule has 10 aromatic rings. The van der Waals surface area contributed by atoms with E-state index in [0.717, 1.165) is 83.6 Å². The molecule has 0 amide bonds. The zero-order valence-corrected chi connectivity index (χ0v) is 28.1. The van der Waals surface area contributed by atoms with E-state index in [1.165, 1.54) is 5.56 Å². The van der Waals surface area contributed by atoms with E-state index >= 15 is 0 Å². The Bertz CT molecular complexity index is 2790. The Hall–Kier alpha value is -7.04. The average Bonchev–Trinajstić information content (AvgIpc) is 3.76. The van der Waals surface area contributed by atoms with E-state index in [1.54, 1.807) is 0 Å². The van der Waals surface area contributed by atoms with Crippen LogP contribution < -0.4 is 0 Å². The highest BCUT2D eigenvalue weighted by molar-refractivity contribution is 6.07. The molecule has 7 aromatic carbocycles. The number of oxazole rings is 1. The van der Waals surface area contributed by atoms with Crippen molar-refractivity contribution in [3.63, 3.8) is 0 Å². The van der Waals surface area contributed by atoms with Gasteiger partial charge in [-0.25, -0.2) is 9.97 Å². The fraction of sp³-hybridized carbons (Fsp3) is 0. The highest BCUT2D eigenvalue weighted by Crippen LogP contribution is 2.40. The van der Waals surface area contributed by atoms with Gasteiger partial charge in [-0.3, -0.25) is 4.40 Å². The highest BCUT2D eigenvalue weighted by Gasteiger charge is 2.20. The lowest BCUT2D eigenvalue weighted by molar-refractivity contribution is 0.658. The maximum absolute atomic E-state index is 6.49. The lowest BCUT2D eigenvalue weighted by Gasteiger charge is -2.12. The first-order valence-corrected chi connectivity index (χ1v) is 17.5. The molecule has 10 rings (SSSR count). The van der Waals surface area contributed by atoms with Crippen molar-refractivity contribution in [2.24, 2.45) is 0 Å². The number of nitrogens with zero attached hydrogens (tertiary/aromatic N) is 3. The SMILES string of the molecule is c1ccc(-c2cccc(-c3cc(-c4ccc(-c5c6ccccc6n6c5oc5ccccc56)cc4)nc(-c4cccc(-c5ccccc5)c4)n3)c2)cc1. The zero-order valence-electron chi connectivity index (χ0n) is 28.1. The van der Waals surface area contributed by atoms with E-state index in [4.69, 9.17) is 14.4 Å². The van der Waals surface area contributed by atoms with E-state index in [2.05, 4.69) is 168 Å². The molecule has 0 N–H and O–H groups in total. The van der Waals surface area contributed by atoms with Gasteiger partial charge in [0, 0.05) is 22.1 Å². The van der Waals surface area contributed by atoms with Crippen molar-refractivity contribution in [3.8, 4) is 67.3 Å². The molecular formula is C48H31N3O. The summed E-state index contributed by atoms with van der Waals surface area (Å²) in [4.78, 5) is 10.4. The minimum atomic E-state index is 0.682. The van der Waals surface area contributed by atoms with Gasteiger partial charge in [0.1, 0.15) is 0 Å². The van der Waals surface area contributed by atoms with Gasteiger partial charge in [-0.15, -0.1) is 0 Å². The van der Waals surface area contributed by atoms with E-state index in [0.29, 0.717) is 5.82 Å². The minimum absolute atomic E-state index is 0.682. The molecule has 0 saturated heterocycles. The van der Waals surface area contributed by atoms with E-state index in [9.17, 15) is 0 Å². The summed E-state index contributed by atoms with van der Waals surface area (Å²) < 4.78 is 8.72. The molecule has 0 bridgehead atoms. The molecule has 0 aliphatic heterocycles. The molecule has 52 heavy (non-hydrogen) atoms. The third-order valence-corrected chi connectivity index (χ3v) is 9.83. The molecule has 0 radical (unpaired) electrons. The standard InChI is InChI=1S/C48H31N3O/c1-3-13-32(14-4-1)36-17-11-19-38(29-36)42-31-41(49-47(50-42)39-20-12-18-37(30-39)33-15-5-2-6-16-33)34-25-27-35(28-26-34)46-40-21-7-8-22-43(40)51-44-23-9-10-24-45(44)52-48(46)51/h1-31H. The largest absolute Gasteiger partial charge is 0.438 e. The maximum atomic E-state index is 6.49. The van der Waals surface area contributed by atoms with Crippen LogP contribution in [0.1, 0.15) is 0 Å². The number of hydrogen-bond acceptors (Lipinski definition) is 3. The maximum Gasteiger partial charge on any atom is 0.213 e. The summed E-state index contributed by atoms with van der Waals surface area (Å²) in [5.41, 5.74) is 15.4. The highest BCUT2D eigenvalue weighted by atomic mass is 16.3. The molecular weight excluding hydrogens is 635 g/mol. The minimum Gasteiger partial charge on any atom is -0.438 e. The van der Waals surface area contributed by atoms with Gasteiger partial charge >= 0.3 is 0 Å². The monoisotopic (exact) mass is 665 g/mol. The zero-order chi connectivity index (χ0) is 34.4. The summed E-state index contributed by atoms with van der Waals surface area (Å²) in [6.07, 6.45) is 0. The Morgan fingerprint density at radius 3 is 1.60 bits per heavy atom. The third-order valence-electron chi connectivity index (χ3n) is 9.83. The van der Waals surface area contributed by atoms with Crippen molar-refractivity contribution < 1.29 is 4.42 Å². The second kappa shape index (κ2) is 12.4. The van der Waals surface area contributed by atoms with Gasteiger partial charge in [-0.1, -0.05) is 152 Å². The third kappa shape index (κ3) is 5.17. The molecule has 3 aromatic heterocycles. The molecule has 0 spiro atoms. The first-order valence-electron chi connectivity index (χ1n) is 17.5. The number of rotatable bonds is 6. The molecule has 0 unspecified atom stereocenters. The van der Waals surface area contributed by atoms with E-state index < -0.39 is 0 Å². The molecule has 4 heteroatoms. The Morgan fingerprint density at radius 1 is 0.365 bits per heavy atom. The van der Waals surface area contributed by atoms with Crippen molar-refractivity contribution >= 4 is 27.7 Å². The van der Waals surface area contributed by atoms with Crippen LogP contribution in [-0.2, 0) is 0 Å². The summed E-state index contributed by atoms with van der Waals surface area (Å²) in [6, 6.07) is 65.5. The van der Waals surface area contributed by atoms with Gasteiger partial charge in [0.2, 0.25) is 5.71 Å². The summed E-state index contributed by atoms with van der Waals surface area (Å²) >= 11 is 0. The number of fused-ring (bicyclic) bond motifs is 5. The van der Waals surface area contributed by atoms with Gasteiger partial charge in [0.15, 0.2) is 11.4 Å². The molecule has 3 heterocycles. The van der Waals surface area contributed by atoms with Crippen molar-refractivity contribution in [2.45, 2.75) is 0 Å². The van der Waals surface area contributed by atoms with Gasteiger partial charge in [0.25, 0.3) is 0 Å². The van der Waals surface area contributed by atoms with Crippen LogP contribution >= 0.6 is 0 Å². The van der Waals surface area contributed by atoms with Crippen LogP contribution in [-0.4, -0.2) is 14.4 Å². The molecule has 4 nitrogen and oxygen atoms in total. The smallest absolute Gasteiger partial charge is 0.213 e. The predicted octanol–water partition coefficient (Wildman–Crippen LogP) is 12.6. The van der Waals surface area contributed by atoms with E-state index in [-0.39, 0.29) is 0 Å². The fourth-order valence-electron chi connectivity index (χ4n) is 7.30. The Kier molecular flexibility index (Phi) is 7.10. The summed E-state index contributed by atoms with van der Waals surface area (Å²) in [6.45, 7) is 0. The first kappa shape index (κ1) is 29.8. The fourth-order valence-corrected chi connectivity index (χ4v) is 7.30. The van der Waals surface area contributed by atoms with Crippen LogP contribution in [0.2, 0.25) is 0 Å². The summed E-state index contributed by atoms with van der Waals surface area (Å²) in [7, 11) is 0. The quantitative estimate of drug-likeness (QED) is 0.178. The van der Waals surface area contributed by atoms with Gasteiger partial charge in [-0.2, -0.15) is 0 Å². The number of aromatic nitrogens is 3. The molecule has 0 aliphatic carbocycles. The summed E-state index contributed by atoms with van der Waals surface area (Å²) in [5, 5.41) is 1.16. The molecule has 0 atom stereocenters. The topological polar surface area (TPSA) is 43.3 Å². The van der Waals surface area contributed by atoms with Crippen LogP contribution in [0.25, 0.3) is 95.0 Å². The lowest BCUT2D eigenvalue weighted by Crippen LogP contribution is -1.96. The number of benzene rings is 7.